The van der Waals surface area contributed by atoms with Crippen LogP contribution in [0.4, 0.5) is 0 Å². The molecule has 0 aromatic heterocycles. The molecule has 1 aliphatic carbocycles. The summed E-state index contributed by atoms with van der Waals surface area (Å²) in [7, 11) is 3.09. The van der Waals surface area contributed by atoms with Gasteiger partial charge in [-0.25, -0.2) is 0 Å². The first-order valence-electron chi connectivity index (χ1n) is 5.27. The lowest BCUT2D eigenvalue weighted by Gasteiger charge is -2.49. The minimum Gasteiger partial charge on any atom is -0.469 e. The second-order valence-electron chi connectivity index (χ2n) is 4.26. The Morgan fingerprint density at radius 3 is 2.88 bits per heavy atom. The van der Waals surface area contributed by atoms with Crippen LogP contribution in [0.15, 0.2) is 24.9 Å². The van der Waals surface area contributed by atoms with Gasteiger partial charge >= 0.3 is 5.97 Å². The number of fused-ring (bicyclic) bond motifs is 1. The molecule has 1 heterocycles. The smallest absolute Gasteiger partial charge is 0.309 e. The predicted octanol–water partition coefficient (Wildman–Crippen LogP) is 0.809. The summed E-state index contributed by atoms with van der Waals surface area (Å²) in [5.41, 5.74) is 0. The Balaban J connectivity index is 2.27. The van der Waals surface area contributed by atoms with E-state index in [0.29, 0.717) is 0 Å². The van der Waals surface area contributed by atoms with Crippen molar-refractivity contribution >= 4 is 11.9 Å². The monoisotopic (exact) mass is 221 g/mol. The van der Waals surface area contributed by atoms with Crippen LogP contribution in [0.5, 0.6) is 0 Å². The summed E-state index contributed by atoms with van der Waals surface area (Å²) in [6.45, 7) is 3.70. The lowest BCUT2D eigenvalue weighted by Crippen LogP contribution is -2.57. The van der Waals surface area contributed by atoms with Crippen LogP contribution in [0, 0.1) is 23.7 Å². The van der Waals surface area contributed by atoms with E-state index in [1.165, 1.54) is 7.11 Å². The average Bonchev–Trinajstić information content (AvgIpc) is 2.25. The summed E-state index contributed by atoms with van der Waals surface area (Å²) in [4.78, 5) is 25.0. The predicted molar refractivity (Wildman–Crippen MR) is 58.1 cm³/mol. The molecule has 0 unspecified atom stereocenters. The molecule has 4 atom stereocenters. The van der Waals surface area contributed by atoms with Crippen LogP contribution < -0.4 is 0 Å². The zero-order valence-electron chi connectivity index (χ0n) is 9.42. The van der Waals surface area contributed by atoms with Crippen molar-refractivity contribution in [2.45, 2.75) is 0 Å². The van der Waals surface area contributed by atoms with Gasteiger partial charge in [0, 0.05) is 25.1 Å². The topological polar surface area (TPSA) is 46.6 Å². The number of carbonyl (C=O) groups is 2. The number of rotatable bonds is 2. The zero-order valence-corrected chi connectivity index (χ0v) is 9.42. The number of esters is 1. The Morgan fingerprint density at radius 2 is 2.31 bits per heavy atom. The van der Waals surface area contributed by atoms with Crippen molar-refractivity contribution in [1.29, 1.82) is 0 Å². The largest absolute Gasteiger partial charge is 0.469 e. The van der Waals surface area contributed by atoms with E-state index in [1.54, 1.807) is 24.2 Å². The number of methoxy groups -OCH3 is 1. The van der Waals surface area contributed by atoms with E-state index in [1.807, 2.05) is 6.08 Å². The Bertz CT molecular complexity index is 374. The normalized spacial score (nSPS) is 36.4. The van der Waals surface area contributed by atoms with Crippen molar-refractivity contribution in [2.75, 3.05) is 14.2 Å². The molecule has 2 rings (SSSR count). The van der Waals surface area contributed by atoms with E-state index in [-0.39, 0.29) is 35.5 Å². The molecule has 1 fully saturated rings. The highest BCUT2D eigenvalue weighted by atomic mass is 16.5. The van der Waals surface area contributed by atoms with Gasteiger partial charge in [0.25, 0.3) is 0 Å². The Morgan fingerprint density at radius 1 is 1.62 bits per heavy atom. The molecule has 0 radical (unpaired) electrons. The maximum Gasteiger partial charge on any atom is 0.309 e. The zero-order chi connectivity index (χ0) is 11.9. The molecule has 2 aliphatic rings. The fourth-order valence-electron chi connectivity index (χ4n) is 2.66. The summed E-state index contributed by atoms with van der Waals surface area (Å²) < 4.78 is 4.75. The van der Waals surface area contributed by atoms with Gasteiger partial charge in [-0.05, 0) is 0 Å². The van der Waals surface area contributed by atoms with Crippen LogP contribution in [0.1, 0.15) is 0 Å². The number of amides is 1. The molecule has 86 valence electrons. The van der Waals surface area contributed by atoms with Crippen molar-refractivity contribution < 1.29 is 14.3 Å². The second kappa shape index (κ2) is 3.77. The van der Waals surface area contributed by atoms with Crippen LogP contribution in [0.2, 0.25) is 0 Å². The molecule has 1 saturated carbocycles. The quantitative estimate of drug-likeness (QED) is 0.512. The van der Waals surface area contributed by atoms with Gasteiger partial charge in [-0.2, -0.15) is 0 Å². The average molecular weight is 221 g/mol. The van der Waals surface area contributed by atoms with Crippen LogP contribution in [-0.4, -0.2) is 30.9 Å². The van der Waals surface area contributed by atoms with E-state index >= 15 is 0 Å². The summed E-state index contributed by atoms with van der Waals surface area (Å²) in [5, 5.41) is 0. The Hall–Kier alpha value is -1.58. The van der Waals surface area contributed by atoms with Crippen LogP contribution in [0.25, 0.3) is 0 Å². The molecule has 16 heavy (non-hydrogen) atoms. The Labute approximate surface area is 94.6 Å². The standard InChI is InChI=1S/C12H15NO3/c1-4-7-9-8(10(7)12(15)16-3)5-6-13(2)11(9)14/h4-10H,1H2,2-3H3/t7-,8-,9-,10+/m0/s1. The lowest BCUT2D eigenvalue weighted by atomic mass is 9.55. The Kier molecular flexibility index (Phi) is 2.58. The third kappa shape index (κ3) is 1.29. The maximum absolute atomic E-state index is 11.9. The SMILES string of the molecule is C=C[C@@H]1[C@@H](C(=O)OC)[C@H]2C=CN(C)C(=O)[C@@H]12. The molecule has 0 N–H and O–H groups in total. The van der Waals surface area contributed by atoms with Gasteiger partial charge in [0.1, 0.15) is 0 Å². The minimum atomic E-state index is -0.256. The second-order valence-corrected chi connectivity index (χ2v) is 4.26. The van der Waals surface area contributed by atoms with Crippen molar-refractivity contribution in [1.82, 2.24) is 4.90 Å². The fraction of sp³-hybridized carbons (Fsp3) is 0.500. The number of hydrogen-bond acceptors (Lipinski definition) is 3. The van der Waals surface area contributed by atoms with Crippen LogP contribution in [-0.2, 0) is 14.3 Å². The van der Waals surface area contributed by atoms with Crippen molar-refractivity contribution in [3.8, 4) is 0 Å². The molecular formula is C12H15NO3. The molecule has 0 saturated heterocycles. The lowest BCUT2D eigenvalue weighted by molar-refractivity contribution is -0.163. The van der Waals surface area contributed by atoms with E-state index in [9.17, 15) is 9.59 Å². The molecule has 0 spiro atoms. The van der Waals surface area contributed by atoms with Gasteiger partial charge in [0.05, 0.1) is 18.9 Å². The van der Waals surface area contributed by atoms with Gasteiger partial charge in [-0.1, -0.05) is 12.2 Å². The number of ether oxygens (including phenoxy) is 1. The molecule has 4 heteroatoms. The minimum absolute atomic E-state index is 0.0286. The molecule has 1 aliphatic heterocycles. The first-order valence-corrected chi connectivity index (χ1v) is 5.27. The number of carbonyl (C=O) groups excluding carboxylic acids is 2. The highest BCUT2D eigenvalue weighted by Crippen LogP contribution is 2.50. The number of nitrogens with zero attached hydrogens (tertiary/aromatic N) is 1. The highest BCUT2D eigenvalue weighted by Gasteiger charge is 2.56. The van der Waals surface area contributed by atoms with Gasteiger partial charge in [-0.3, -0.25) is 9.59 Å². The molecule has 4 nitrogen and oxygen atoms in total. The molecule has 1 amide bonds. The van der Waals surface area contributed by atoms with Gasteiger partial charge in [-0.15, -0.1) is 6.58 Å². The molecule has 0 aromatic rings. The first-order chi connectivity index (χ1) is 7.61. The van der Waals surface area contributed by atoms with Crippen molar-refractivity contribution in [3.63, 3.8) is 0 Å². The van der Waals surface area contributed by atoms with Crippen LogP contribution in [0.3, 0.4) is 0 Å². The van der Waals surface area contributed by atoms with Crippen molar-refractivity contribution in [3.05, 3.63) is 24.9 Å². The summed E-state index contributed by atoms with van der Waals surface area (Å²) in [6, 6.07) is 0. The fourth-order valence-corrected chi connectivity index (χ4v) is 2.66. The molecule has 0 aromatic carbocycles. The maximum atomic E-state index is 11.9. The van der Waals surface area contributed by atoms with E-state index in [0.717, 1.165) is 0 Å². The summed E-state index contributed by atoms with van der Waals surface area (Å²) in [6.07, 6.45) is 5.32. The van der Waals surface area contributed by atoms with Gasteiger partial charge < -0.3 is 9.64 Å². The summed E-state index contributed by atoms with van der Waals surface area (Å²) >= 11 is 0. The highest BCUT2D eigenvalue weighted by molar-refractivity contribution is 5.87. The van der Waals surface area contributed by atoms with Crippen LogP contribution >= 0.6 is 0 Å². The van der Waals surface area contributed by atoms with Gasteiger partial charge in [0.2, 0.25) is 5.91 Å². The van der Waals surface area contributed by atoms with E-state index in [4.69, 9.17) is 4.74 Å². The third-order valence-corrected chi connectivity index (χ3v) is 3.57. The summed E-state index contributed by atoms with van der Waals surface area (Å²) in [5.74, 6) is -0.722. The van der Waals surface area contributed by atoms with Crippen molar-refractivity contribution in [2.24, 2.45) is 23.7 Å². The number of allylic oxidation sites excluding steroid dienone is 2. The third-order valence-electron chi connectivity index (χ3n) is 3.57. The molecule has 0 bridgehead atoms. The first kappa shape index (κ1) is 10.9. The van der Waals surface area contributed by atoms with E-state index in [2.05, 4.69) is 6.58 Å². The number of hydrogen-bond donors (Lipinski definition) is 0. The van der Waals surface area contributed by atoms with Gasteiger partial charge in [0.15, 0.2) is 0 Å². The van der Waals surface area contributed by atoms with E-state index < -0.39 is 0 Å². The molecular weight excluding hydrogens is 206 g/mol.